The van der Waals surface area contributed by atoms with Crippen LogP contribution in [0.15, 0.2) is 0 Å². The van der Waals surface area contributed by atoms with Crippen molar-refractivity contribution in [3.63, 3.8) is 0 Å². The van der Waals surface area contributed by atoms with Gasteiger partial charge in [-0.1, -0.05) is 6.92 Å². The number of nitrogens with zero attached hydrogens (tertiary/aromatic N) is 1. The number of ether oxygens (including phenoxy) is 1. The largest absolute Gasteiger partial charge is 0.388 e. The number of rotatable bonds is 5. The summed E-state index contributed by atoms with van der Waals surface area (Å²) < 4.78 is 5.21. The molecule has 0 aromatic heterocycles. The zero-order valence-electron chi connectivity index (χ0n) is 10.8. The Morgan fingerprint density at radius 2 is 2.12 bits per heavy atom. The highest BCUT2D eigenvalue weighted by Crippen LogP contribution is 2.22. The van der Waals surface area contributed by atoms with E-state index in [1.807, 2.05) is 6.92 Å². The third kappa shape index (κ3) is 3.94. The molecule has 1 atom stereocenters. The smallest absolute Gasteiger partial charge is 0.226 e. The maximum Gasteiger partial charge on any atom is 0.226 e. The minimum absolute atomic E-state index is 0.0231. The highest BCUT2D eigenvalue weighted by Gasteiger charge is 2.33. The van der Waals surface area contributed by atoms with Crippen LogP contribution in [-0.2, 0) is 9.53 Å². The van der Waals surface area contributed by atoms with E-state index in [1.54, 1.807) is 11.9 Å². The van der Waals surface area contributed by atoms with Crippen LogP contribution in [0.25, 0.3) is 0 Å². The van der Waals surface area contributed by atoms with E-state index in [9.17, 15) is 9.90 Å². The second-order valence-corrected chi connectivity index (χ2v) is 4.87. The van der Waals surface area contributed by atoms with Crippen LogP contribution in [0, 0.1) is 5.92 Å². The second-order valence-electron chi connectivity index (χ2n) is 4.87. The Balaban J connectivity index is 2.52. The molecule has 1 saturated heterocycles. The quantitative estimate of drug-likeness (QED) is 0.712. The first-order valence-electron chi connectivity index (χ1n) is 6.27. The van der Waals surface area contributed by atoms with Gasteiger partial charge in [-0.05, 0) is 6.42 Å². The van der Waals surface area contributed by atoms with Crippen molar-refractivity contribution in [3.05, 3.63) is 0 Å². The normalized spacial score (nSPS) is 20.9. The molecule has 5 heteroatoms. The highest BCUT2D eigenvalue weighted by atomic mass is 16.5. The molecule has 0 radical (unpaired) electrons. The molecule has 0 aromatic rings. The van der Waals surface area contributed by atoms with E-state index in [0.29, 0.717) is 39.1 Å². The Morgan fingerprint density at radius 1 is 1.53 bits per heavy atom. The average Bonchev–Trinajstić information content (AvgIpc) is 2.30. The summed E-state index contributed by atoms with van der Waals surface area (Å²) >= 11 is 0. The molecule has 1 aliphatic heterocycles. The number of aliphatic hydroxyl groups is 1. The Kier molecular flexibility index (Phi) is 5.36. The van der Waals surface area contributed by atoms with Crippen molar-refractivity contribution in [1.29, 1.82) is 0 Å². The molecule has 0 bridgehead atoms. The van der Waals surface area contributed by atoms with Gasteiger partial charge in [-0.2, -0.15) is 0 Å². The molecule has 1 unspecified atom stereocenters. The third-order valence-electron chi connectivity index (χ3n) is 3.46. The number of likely N-dealkylation sites (N-methyl/N-ethyl adjacent to an activating group) is 1. The minimum atomic E-state index is -0.796. The molecule has 0 aromatic carbocycles. The minimum Gasteiger partial charge on any atom is -0.388 e. The summed E-state index contributed by atoms with van der Waals surface area (Å²) in [6.07, 6.45) is 1.91. The molecule has 1 amide bonds. The van der Waals surface area contributed by atoms with Crippen LogP contribution < -0.4 is 5.73 Å². The van der Waals surface area contributed by atoms with Crippen LogP contribution in [0.2, 0.25) is 0 Å². The SMILES string of the molecule is CCC(CN)C(=O)N(C)CC1(O)CCOCC1. The van der Waals surface area contributed by atoms with Crippen molar-refractivity contribution in [1.82, 2.24) is 4.90 Å². The predicted molar refractivity (Wildman–Crippen MR) is 65.5 cm³/mol. The molecule has 0 saturated carbocycles. The molecule has 0 spiro atoms. The van der Waals surface area contributed by atoms with Crippen molar-refractivity contribution in [3.8, 4) is 0 Å². The fraction of sp³-hybridized carbons (Fsp3) is 0.917. The van der Waals surface area contributed by atoms with Gasteiger partial charge >= 0.3 is 0 Å². The van der Waals surface area contributed by atoms with Gasteiger partial charge in [-0.15, -0.1) is 0 Å². The van der Waals surface area contributed by atoms with Gasteiger partial charge in [-0.3, -0.25) is 4.79 Å². The number of hydrogen-bond donors (Lipinski definition) is 2. The lowest BCUT2D eigenvalue weighted by Gasteiger charge is -2.36. The van der Waals surface area contributed by atoms with E-state index < -0.39 is 5.60 Å². The van der Waals surface area contributed by atoms with Crippen molar-refractivity contribution in [2.24, 2.45) is 11.7 Å². The molecule has 5 nitrogen and oxygen atoms in total. The maximum atomic E-state index is 12.0. The molecule has 1 heterocycles. The monoisotopic (exact) mass is 244 g/mol. The fourth-order valence-electron chi connectivity index (χ4n) is 2.18. The van der Waals surface area contributed by atoms with Crippen molar-refractivity contribution in [2.45, 2.75) is 31.8 Å². The van der Waals surface area contributed by atoms with Gasteiger partial charge in [0, 0.05) is 46.2 Å². The van der Waals surface area contributed by atoms with E-state index in [2.05, 4.69) is 0 Å². The Hall–Kier alpha value is -0.650. The lowest BCUT2D eigenvalue weighted by molar-refractivity contribution is -0.140. The van der Waals surface area contributed by atoms with Crippen LogP contribution >= 0.6 is 0 Å². The summed E-state index contributed by atoms with van der Waals surface area (Å²) in [5, 5.41) is 10.3. The van der Waals surface area contributed by atoms with Gasteiger partial charge in [0.1, 0.15) is 0 Å². The van der Waals surface area contributed by atoms with Gasteiger partial charge in [0.25, 0.3) is 0 Å². The molecule has 0 aliphatic carbocycles. The maximum absolute atomic E-state index is 12.0. The van der Waals surface area contributed by atoms with Crippen molar-refractivity contribution in [2.75, 3.05) is 33.4 Å². The zero-order chi connectivity index (χ0) is 12.9. The molecule has 1 fully saturated rings. The number of amides is 1. The van der Waals surface area contributed by atoms with Gasteiger partial charge in [0.2, 0.25) is 5.91 Å². The van der Waals surface area contributed by atoms with E-state index in [0.717, 1.165) is 6.42 Å². The Labute approximate surface area is 103 Å². The molecule has 3 N–H and O–H groups in total. The van der Waals surface area contributed by atoms with Crippen LogP contribution in [0.3, 0.4) is 0 Å². The topological polar surface area (TPSA) is 75.8 Å². The Morgan fingerprint density at radius 3 is 2.59 bits per heavy atom. The Bertz CT molecular complexity index is 248. The molecule has 1 aliphatic rings. The second kappa shape index (κ2) is 6.33. The van der Waals surface area contributed by atoms with E-state index in [4.69, 9.17) is 10.5 Å². The van der Waals surface area contributed by atoms with Crippen molar-refractivity contribution < 1.29 is 14.6 Å². The number of carbonyl (C=O) groups is 1. The van der Waals surface area contributed by atoms with Crippen LogP contribution in [0.5, 0.6) is 0 Å². The fourth-order valence-corrected chi connectivity index (χ4v) is 2.18. The predicted octanol–water partition coefficient (Wildman–Crippen LogP) is -0.0288. The lowest BCUT2D eigenvalue weighted by atomic mass is 9.93. The molecular formula is C12H24N2O3. The summed E-state index contributed by atoms with van der Waals surface area (Å²) in [4.78, 5) is 13.6. The first-order valence-corrected chi connectivity index (χ1v) is 6.27. The van der Waals surface area contributed by atoms with Crippen LogP contribution in [0.4, 0.5) is 0 Å². The summed E-state index contributed by atoms with van der Waals surface area (Å²) in [6, 6.07) is 0. The zero-order valence-corrected chi connectivity index (χ0v) is 10.8. The molecule has 100 valence electrons. The third-order valence-corrected chi connectivity index (χ3v) is 3.46. The summed E-state index contributed by atoms with van der Waals surface area (Å²) in [7, 11) is 1.73. The lowest BCUT2D eigenvalue weighted by Crippen LogP contribution is -2.49. The van der Waals surface area contributed by atoms with Gasteiger partial charge < -0.3 is 20.5 Å². The first kappa shape index (κ1) is 14.4. The van der Waals surface area contributed by atoms with Gasteiger partial charge in [-0.25, -0.2) is 0 Å². The first-order chi connectivity index (χ1) is 8.02. The van der Waals surface area contributed by atoms with E-state index in [1.165, 1.54) is 0 Å². The molecular weight excluding hydrogens is 220 g/mol. The number of carbonyl (C=O) groups excluding carboxylic acids is 1. The number of nitrogens with two attached hydrogens (primary N) is 1. The summed E-state index contributed by atoms with van der Waals surface area (Å²) in [6.45, 7) is 3.80. The van der Waals surface area contributed by atoms with Crippen LogP contribution in [-0.4, -0.2) is 54.9 Å². The highest BCUT2D eigenvalue weighted by molar-refractivity contribution is 5.78. The summed E-state index contributed by atoms with van der Waals surface area (Å²) in [5.41, 5.74) is 4.76. The van der Waals surface area contributed by atoms with Crippen LogP contribution in [0.1, 0.15) is 26.2 Å². The van der Waals surface area contributed by atoms with Gasteiger partial charge in [0.05, 0.1) is 11.5 Å². The summed E-state index contributed by atoms with van der Waals surface area (Å²) in [5.74, 6) is -0.113. The van der Waals surface area contributed by atoms with E-state index in [-0.39, 0.29) is 11.8 Å². The van der Waals surface area contributed by atoms with Crippen molar-refractivity contribution >= 4 is 5.91 Å². The number of hydrogen-bond acceptors (Lipinski definition) is 4. The molecule has 1 rings (SSSR count). The standard InChI is InChI=1S/C12H24N2O3/c1-3-10(8-13)11(15)14(2)9-12(16)4-6-17-7-5-12/h10,16H,3-9,13H2,1-2H3. The molecule has 17 heavy (non-hydrogen) atoms. The average molecular weight is 244 g/mol. The van der Waals surface area contributed by atoms with E-state index >= 15 is 0 Å². The van der Waals surface area contributed by atoms with Gasteiger partial charge in [0.15, 0.2) is 0 Å².